The van der Waals surface area contributed by atoms with Gasteiger partial charge in [-0.3, -0.25) is 4.79 Å². The van der Waals surface area contributed by atoms with Gasteiger partial charge in [0.05, 0.1) is 13.0 Å². The number of carbonyl (C=O) groups is 1. The molecule has 0 aliphatic carbocycles. The third kappa shape index (κ3) is 4.44. The standard InChI is InChI=1S/C19H18O3/c1-2-22-19(21)13-16(14-20)12-15-8-10-18(11-9-15)17-6-4-3-5-7-17/h3-11H,2,12-13H2,1H3. The SMILES string of the molecule is CCOC(=O)CC(=C=O)Cc1ccc(-c2ccccc2)cc1. The fourth-order valence-electron chi connectivity index (χ4n) is 2.21. The van der Waals surface area contributed by atoms with Gasteiger partial charge in [-0.25, -0.2) is 4.79 Å². The van der Waals surface area contributed by atoms with Crippen molar-refractivity contribution in [2.75, 3.05) is 6.61 Å². The molecule has 112 valence electrons. The molecule has 0 saturated heterocycles. The van der Waals surface area contributed by atoms with Gasteiger partial charge < -0.3 is 4.74 Å². The largest absolute Gasteiger partial charge is 0.466 e. The molecule has 2 aromatic carbocycles. The molecule has 0 aliphatic rings. The van der Waals surface area contributed by atoms with Gasteiger partial charge in [0, 0.05) is 12.0 Å². The number of esters is 1. The maximum absolute atomic E-state index is 11.4. The van der Waals surface area contributed by atoms with E-state index in [4.69, 9.17) is 4.74 Å². The Bertz CT molecular complexity index is 666. The highest BCUT2D eigenvalue weighted by molar-refractivity contribution is 5.76. The first-order valence-corrected chi connectivity index (χ1v) is 7.25. The normalized spacial score (nSPS) is 9.86. The lowest BCUT2D eigenvalue weighted by atomic mass is 10.00. The highest BCUT2D eigenvalue weighted by Gasteiger charge is 2.09. The first-order chi connectivity index (χ1) is 10.7. The van der Waals surface area contributed by atoms with Crippen molar-refractivity contribution >= 4 is 11.9 Å². The average molecular weight is 294 g/mol. The molecule has 0 N–H and O–H groups in total. The summed E-state index contributed by atoms with van der Waals surface area (Å²) in [5.74, 6) is 1.46. The van der Waals surface area contributed by atoms with Crippen LogP contribution in [0.4, 0.5) is 0 Å². The van der Waals surface area contributed by atoms with Crippen LogP contribution in [0.25, 0.3) is 11.1 Å². The summed E-state index contributed by atoms with van der Waals surface area (Å²) in [7, 11) is 0. The third-order valence-corrected chi connectivity index (χ3v) is 3.29. The maximum Gasteiger partial charge on any atom is 0.310 e. The summed E-state index contributed by atoms with van der Waals surface area (Å²) in [5, 5.41) is 0. The molecule has 0 heterocycles. The highest BCUT2D eigenvalue weighted by atomic mass is 16.5. The fourth-order valence-corrected chi connectivity index (χ4v) is 2.21. The Balaban J connectivity index is 2.04. The third-order valence-electron chi connectivity index (χ3n) is 3.29. The monoisotopic (exact) mass is 294 g/mol. The van der Waals surface area contributed by atoms with Crippen molar-refractivity contribution in [3.8, 4) is 11.1 Å². The Labute approximate surface area is 130 Å². The smallest absolute Gasteiger partial charge is 0.310 e. The fraction of sp³-hybridized carbons (Fsp3) is 0.211. The molecular formula is C19H18O3. The van der Waals surface area contributed by atoms with Gasteiger partial charge in [0.2, 0.25) is 0 Å². The van der Waals surface area contributed by atoms with Gasteiger partial charge in [-0.2, -0.15) is 0 Å². The number of ether oxygens (including phenoxy) is 1. The van der Waals surface area contributed by atoms with Crippen LogP contribution in [0.5, 0.6) is 0 Å². The predicted molar refractivity (Wildman–Crippen MR) is 86.0 cm³/mol. The highest BCUT2D eigenvalue weighted by Crippen LogP contribution is 2.20. The molecular weight excluding hydrogens is 276 g/mol. The van der Waals surface area contributed by atoms with Crippen LogP contribution in [-0.2, 0) is 20.7 Å². The average Bonchev–Trinajstić information content (AvgIpc) is 2.56. The Hall–Kier alpha value is -2.64. The first kappa shape index (κ1) is 15.7. The molecule has 22 heavy (non-hydrogen) atoms. The van der Waals surface area contributed by atoms with E-state index in [1.807, 2.05) is 60.5 Å². The zero-order chi connectivity index (χ0) is 15.8. The molecule has 0 atom stereocenters. The van der Waals surface area contributed by atoms with Crippen LogP contribution in [-0.4, -0.2) is 18.5 Å². The molecule has 0 saturated carbocycles. The minimum absolute atomic E-state index is 0.00221. The van der Waals surface area contributed by atoms with Crippen molar-refractivity contribution in [3.63, 3.8) is 0 Å². The van der Waals surface area contributed by atoms with Gasteiger partial charge in [0.15, 0.2) is 0 Å². The zero-order valence-electron chi connectivity index (χ0n) is 12.5. The summed E-state index contributed by atoms with van der Waals surface area (Å²) in [6.45, 7) is 2.06. The molecule has 2 aromatic rings. The molecule has 0 spiro atoms. The van der Waals surface area contributed by atoms with Gasteiger partial charge in [-0.1, -0.05) is 54.6 Å². The minimum atomic E-state index is -0.387. The summed E-state index contributed by atoms with van der Waals surface area (Å²) in [6.07, 6.45) is 0.412. The van der Waals surface area contributed by atoms with E-state index < -0.39 is 0 Å². The first-order valence-electron chi connectivity index (χ1n) is 7.25. The Morgan fingerprint density at radius 1 is 1.00 bits per heavy atom. The van der Waals surface area contributed by atoms with Crippen molar-refractivity contribution in [3.05, 3.63) is 65.7 Å². The molecule has 0 radical (unpaired) electrons. The molecule has 0 unspecified atom stereocenters. The predicted octanol–water partition coefficient (Wildman–Crippen LogP) is 3.61. The van der Waals surface area contributed by atoms with E-state index in [0.29, 0.717) is 18.6 Å². The number of hydrogen-bond donors (Lipinski definition) is 0. The van der Waals surface area contributed by atoms with Gasteiger partial charge in [0.25, 0.3) is 0 Å². The lowest BCUT2D eigenvalue weighted by Crippen LogP contribution is -2.07. The topological polar surface area (TPSA) is 43.4 Å². The van der Waals surface area contributed by atoms with E-state index in [0.717, 1.165) is 16.7 Å². The van der Waals surface area contributed by atoms with E-state index in [9.17, 15) is 9.59 Å². The summed E-state index contributed by atoms with van der Waals surface area (Å²) in [5.41, 5.74) is 3.64. The van der Waals surface area contributed by atoms with E-state index >= 15 is 0 Å². The Morgan fingerprint density at radius 2 is 1.64 bits per heavy atom. The van der Waals surface area contributed by atoms with E-state index in [1.54, 1.807) is 6.92 Å². The van der Waals surface area contributed by atoms with E-state index in [2.05, 4.69) is 0 Å². The zero-order valence-corrected chi connectivity index (χ0v) is 12.5. The van der Waals surface area contributed by atoms with Crippen LogP contribution in [0.15, 0.2) is 60.2 Å². The maximum atomic E-state index is 11.4. The molecule has 0 aliphatic heterocycles. The second-order valence-corrected chi connectivity index (χ2v) is 4.93. The van der Waals surface area contributed by atoms with Crippen molar-refractivity contribution in [2.45, 2.75) is 19.8 Å². The summed E-state index contributed by atoms with van der Waals surface area (Å²) < 4.78 is 4.85. The van der Waals surface area contributed by atoms with E-state index in [-0.39, 0.29) is 12.4 Å². The number of carbonyl (C=O) groups excluding carboxylic acids is 2. The Kier molecular flexibility index (Phi) is 5.70. The number of benzene rings is 2. The molecule has 0 bridgehead atoms. The quantitative estimate of drug-likeness (QED) is 0.604. The Morgan fingerprint density at radius 3 is 2.23 bits per heavy atom. The van der Waals surface area contributed by atoms with Gasteiger partial charge in [0.1, 0.15) is 5.94 Å². The number of hydrogen-bond acceptors (Lipinski definition) is 3. The second-order valence-electron chi connectivity index (χ2n) is 4.93. The molecule has 0 aromatic heterocycles. The van der Waals surface area contributed by atoms with Gasteiger partial charge >= 0.3 is 5.97 Å². The van der Waals surface area contributed by atoms with Crippen molar-refractivity contribution in [2.24, 2.45) is 0 Å². The van der Waals surface area contributed by atoms with Crippen LogP contribution < -0.4 is 0 Å². The molecule has 2 rings (SSSR count). The summed E-state index contributed by atoms with van der Waals surface area (Å²) >= 11 is 0. The summed E-state index contributed by atoms with van der Waals surface area (Å²) in [6, 6.07) is 18.0. The van der Waals surface area contributed by atoms with Crippen LogP contribution >= 0.6 is 0 Å². The van der Waals surface area contributed by atoms with Crippen LogP contribution in [0.1, 0.15) is 18.9 Å². The van der Waals surface area contributed by atoms with Gasteiger partial charge in [-0.15, -0.1) is 0 Å². The van der Waals surface area contributed by atoms with E-state index in [1.165, 1.54) is 0 Å². The molecule has 0 amide bonds. The second kappa shape index (κ2) is 7.96. The molecule has 3 heteroatoms. The van der Waals surface area contributed by atoms with Crippen molar-refractivity contribution < 1.29 is 14.3 Å². The summed E-state index contributed by atoms with van der Waals surface area (Å²) in [4.78, 5) is 22.4. The molecule has 0 fully saturated rings. The molecule has 3 nitrogen and oxygen atoms in total. The minimum Gasteiger partial charge on any atom is -0.466 e. The van der Waals surface area contributed by atoms with Crippen LogP contribution in [0.2, 0.25) is 0 Å². The lowest BCUT2D eigenvalue weighted by Gasteiger charge is -2.06. The van der Waals surface area contributed by atoms with Gasteiger partial charge in [-0.05, 0) is 23.6 Å². The van der Waals surface area contributed by atoms with Crippen LogP contribution in [0.3, 0.4) is 0 Å². The number of rotatable bonds is 6. The van der Waals surface area contributed by atoms with Crippen molar-refractivity contribution in [1.82, 2.24) is 0 Å². The van der Waals surface area contributed by atoms with Crippen molar-refractivity contribution in [1.29, 1.82) is 0 Å². The van der Waals surface area contributed by atoms with Crippen LogP contribution in [0, 0.1) is 0 Å². The lowest BCUT2D eigenvalue weighted by molar-refractivity contribution is -0.142.